The number of anilines is 2. The summed E-state index contributed by atoms with van der Waals surface area (Å²) in [5.74, 6) is 0.160. The Hall–Kier alpha value is -3.46. The number of aliphatic hydroxyl groups excluding tert-OH is 2. The molecule has 0 aromatic carbocycles. The van der Waals surface area contributed by atoms with Crippen LogP contribution in [0.1, 0.15) is 12.5 Å². The summed E-state index contributed by atoms with van der Waals surface area (Å²) in [6.45, 7) is -0.761. The summed E-state index contributed by atoms with van der Waals surface area (Å²) in [5.41, 5.74) is 12.4. The zero-order chi connectivity index (χ0) is 29.1. The maximum atomic E-state index is 15.0. The van der Waals surface area contributed by atoms with Gasteiger partial charge in [0.15, 0.2) is 54.0 Å². The SMILES string of the molecule is CO[C@H]1O[C@@H](n2cnc3c(N)ncnc32)[C@@H](O)[C@H]1OP(=O)(O)OC[C@H]1O[C@@H](n2cnc3c(N)ncnc32)[C@@H](F)[C@H]1O. The Bertz CT molecular complexity index is 1620. The number of methoxy groups -OCH3 is 1. The van der Waals surface area contributed by atoms with E-state index in [-0.39, 0.29) is 34.0 Å². The van der Waals surface area contributed by atoms with E-state index in [0.29, 0.717) is 0 Å². The predicted octanol–water partition coefficient (Wildman–Crippen LogP) is -1.21. The van der Waals surface area contributed by atoms with E-state index in [0.717, 1.165) is 6.33 Å². The average molecular weight is 598 g/mol. The van der Waals surface area contributed by atoms with Crippen LogP contribution < -0.4 is 11.5 Å². The molecule has 4 aromatic heterocycles. The Morgan fingerprint density at radius 2 is 1.54 bits per heavy atom. The summed E-state index contributed by atoms with van der Waals surface area (Å²) in [4.78, 5) is 34.3. The standard InChI is InChI=1S/C20H24FN10O9P/c1-36-20-13(12(33)19(39-20)31-6-29-10-15(23)25-4-27-17(10)31)40-41(34,35)37-2-7-11(32)8(21)18(38-7)30-5-28-9-14(22)24-3-26-16(9)30/h3-8,11-13,18-20,32-33H,2H2,1H3,(H,34,35)(H2,22,24,26)(H2,23,25,27)/t7-,8+,11+,12+,13-,18-,19-,20+/m1/s1. The molecule has 0 saturated carbocycles. The molecular weight excluding hydrogens is 574 g/mol. The number of nitrogens with zero attached hydrogens (tertiary/aromatic N) is 8. The molecule has 1 unspecified atom stereocenters. The van der Waals surface area contributed by atoms with E-state index in [1.807, 2.05) is 0 Å². The normalized spacial score (nSPS) is 31.7. The topological polar surface area (TPSA) is 263 Å². The molecule has 0 amide bonds. The number of imidazole rings is 2. The van der Waals surface area contributed by atoms with Gasteiger partial charge in [0.2, 0.25) is 0 Å². The number of rotatable bonds is 8. The highest BCUT2D eigenvalue weighted by Crippen LogP contribution is 2.49. The second-order valence-electron chi connectivity index (χ2n) is 9.12. The highest BCUT2D eigenvalue weighted by Gasteiger charge is 2.51. The molecule has 0 spiro atoms. The molecule has 9 atom stereocenters. The zero-order valence-electron chi connectivity index (χ0n) is 21.0. The van der Waals surface area contributed by atoms with Gasteiger partial charge in [-0.05, 0) is 0 Å². The number of hydrogen-bond acceptors (Lipinski definition) is 16. The van der Waals surface area contributed by atoms with E-state index >= 15 is 4.39 Å². The first-order valence-electron chi connectivity index (χ1n) is 11.9. The molecule has 0 aliphatic carbocycles. The third-order valence-corrected chi connectivity index (χ3v) is 7.66. The van der Waals surface area contributed by atoms with Gasteiger partial charge in [0.05, 0.1) is 19.3 Å². The molecule has 2 aliphatic heterocycles. The van der Waals surface area contributed by atoms with Crippen LogP contribution in [0.15, 0.2) is 25.3 Å². The first-order valence-corrected chi connectivity index (χ1v) is 13.4. The number of aliphatic hydroxyl groups is 2. The first-order chi connectivity index (χ1) is 19.6. The number of nitrogens with two attached hydrogens (primary N) is 2. The van der Waals surface area contributed by atoms with E-state index in [4.69, 9.17) is 34.7 Å². The van der Waals surface area contributed by atoms with Crippen LogP contribution in [0, 0.1) is 0 Å². The monoisotopic (exact) mass is 598 g/mol. The van der Waals surface area contributed by atoms with Gasteiger partial charge in [-0.25, -0.2) is 38.9 Å². The molecule has 0 radical (unpaired) electrons. The fourth-order valence-electron chi connectivity index (χ4n) is 4.68. The number of phosphoric ester groups is 1. The summed E-state index contributed by atoms with van der Waals surface area (Å²) in [5, 5.41) is 21.3. The minimum atomic E-state index is -4.97. The Morgan fingerprint density at radius 3 is 2.12 bits per heavy atom. The van der Waals surface area contributed by atoms with E-state index in [2.05, 4.69) is 29.9 Å². The van der Waals surface area contributed by atoms with Crippen molar-refractivity contribution < 1.29 is 47.3 Å². The summed E-state index contributed by atoms with van der Waals surface area (Å²) in [6.07, 6.45) is -7.31. The molecule has 21 heteroatoms. The van der Waals surface area contributed by atoms with Gasteiger partial charge in [-0.2, -0.15) is 0 Å². The van der Waals surface area contributed by atoms with Crippen molar-refractivity contribution in [3.63, 3.8) is 0 Å². The number of fused-ring (bicyclic) bond motifs is 2. The van der Waals surface area contributed by atoms with Crippen molar-refractivity contribution in [3.8, 4) is 0 Å². The van der Waals surface area contributed by atoms with Gasteiger partial charge < -0.3 is 40.8 Å². The molecule has 6 rings (SSSR count). The second kappa shape index (κ2) is 10.4. The number of alkyl halides is 1. The Kier molecular flexibility index (Phi) is 7.04. The van der Waals surface area contributed by atoms with Crippen LogP contribution in [0.2, 0.25) is 0 Å². The van der Waals surface area contributed by atoms with Crippen molar-refractivity contribution in [2.75, 3.05) is 25.2 Å². The highest BCUT2D eigenvalue weighted by atomic mass is 31.2. The van der Waals surface area contributed by atoms with Crippen LogP contribution in [0.5, 0.6) is 0 Å². The third-order valence-electron chi connectivity index (χ3n) is 6.68. The summed E-state index contributed by atoms with van der Waals surface area (Å²) in [6, 6.07) is 0. The second-order valence-corrected chi connectivity index (χ2v) is 10.5. The smallest absolute Gasteiger partial charge is 0.387 e. The maximum absolute atomic E-state index is 15.0. The van der Waals surface area contributed by atoms with Crippen LogP contribution in [0.3, 0.4) is 0 Å². The molecule has 4 aromatic rings. The molecule has 2 fully saturated rings. The van der Waals surface area contributed by atoms with Crippen LogP contribution in [0.4, 0.5) is 16.0 Å². The molecular formula is C20H24FN10O9P. The van der Waals surface area contributed by atoms with Gasteiger partial charge in [-0.15, -0.1) is 0 Å². The quantitative estimate of drug-likeness (QED) is 0.149. The molecule has 2 aliphatic rings. The van der Waals surface area contributed by atoms with Crippen LogP contribution in [-0.4, -0.2) is 105 Å². The predicted molar refractivity (Wildman–Crippen MR) is 132 cm³/mol. The highest BCUT2D eigenvalue weighted by molar-refractivity contribution is 7.47. The van der Waals surface area contributed by atoms with E-state index < -0.39 is 63.8 Å². The van der Waals surface area contributed by atoms with Gasteiger partial charge in [0.25, 0.3) is 0 Å². The average Bonchev–Trinajstić information content (AvgIpc) is 3.70. The number of halogens is 1. The Morgan fingerprint density at radius 1 is 0.951 bits per heavy atom. The van der Waals surface area contributed by atoms with Gasteiger partial charge in [-0.1, -0.05) is 0 Å². The van der Waals surface area contributed by atoms with Crippen molar-refractivity contribution in [2.45, 2.75) is 49.3 Å². The fraction of sp³-hybridized carbons (Fsp3) is 0.500. The van der Waals surface area contributed by atoms with E-state index in [1.54, 1.807) is 0 Å². The lowest BCUT2D eigenvalue weighted by atomic mass is 10.1. The van der Waals surface area contributed by atoms with Crippen molar-refractivity contribution >= 4 is 41.8 Å². The summed E-state index contributed by atoms with van der Waals surface area (Å²) >= 11 is 0. The first kappa shape index (κ1) is 27.7. The molecule has 19 nitrogen and oxygen atoms in total. The van der Waals surface area contributed by atoms with Crippen LogP contribution in [-0.2, 0) is 27.8 Å². The largest absolute Gasteiger partial charge is 0.472 e. The lowest BCUT2D eigenvalue weighted by Crippen LogP contribution is -2.35. The maximum Gasteiger partial charge on any atom is 0.472 e. The summed E-state index contributed by atoms with van der Waals surface area (Å²) < 4.78 is 57.1. The van der Waals surface area contributed by atoms with Crippen molar-refractivity contribution in [2.24, 2.45) is 0 Å². The van der Waals surface area contributed by atoms with Crippen molar-refractivity contribution in [1.29, 1.82) is 0 Å². The van der Waals surface area contributed by atoms with E-state index in [9.17, 15) is 19.7 Å². The fourth-order valence-corrected chi connectivity index (χ4v) is 5.61. The zero-order valence-corrected chi connectivity index (χ0v) is 21.9. The van der Waals surface area contributed by atoms with E-state index in [1.165, 1.54) is 35.2 Å². The van der Waals surface area contributed by atoms with Crippen molar-refractivity contribution in [1.82, 2.24) is 39.0 Å². The summed E-state index contributed by atoms with van der Waals surface area (Å²) in [7, 11) is -3.74. The van der Waals surface area contributed by atoms with Crippen molar-refractivity contribution in [3.05, 3.63) is 25.3 Å². The Labute approximate surface area is 228 Å². The molecule has 2 saturated heterocycles. The molecule has 220 valence electrons. The lowest BCUT2D eigenvalue weighted by molar-refractivity contribution is -0.159. The van der Waals surface area contributed by atoms with Gasteiger partial charge in [-0.3, -0.25) is 18.2 Å². The number of ether oxygens (including phenoxy) is 3. The third kappa shape index (κ3) is 4.78. The lowest BCUT2D eigenvalue weighted by Gasteiger charge is -2.23. The molecule has 0 bridgehead atoms. The number of nitrogen functional groups attached to an aromatic ring is 2. The number of phosphoric acid groups is 1. The minimum Gasteiger partial charge on any atom is -0.387 e. The van der Waals surface area contributed by atoms with Gasteiger partial charge in [0.1, 0.15) is 42.0 Å². The molecule has 41 heavy (non-hydrogen) atoms. The number of hydrogen-bond donors (Lipinski definition) is 5. The van der Waals surface area contributed by atoms with Gasteiger partial charge >= 0.3 is 7.82 Å². The number of aromatic nitrogens is 8. The van der Waals surface area contributed by atoms with Gasteiger partial charge in [0, 0.05) is 7.11 Å². The molecule has 7 N–H and O–H groups in total. The Balaban J connectivity index is 1.14. The van der Waals surface area contributed by atoms with Crippen LogP contribution >= 0.6 is 7.82 Å². The van der Waals surface area contributed by atoms with Crippen LogP contribution in [0.25, 0.3) is 22.3 Å². The minimum absolute atomic E-state index is 0.0641. The molecule has 6 heterocycles.